The van der Waals surface area contributed by atoms with E-state index in [1.54, 1.807) is 7.11 Å². The monoisotopic (exact) mass is 313 g/mol. The predicted octanol–water partition coefficient (Wildman–Crippen LogP) is 2.64. The SMILES string of the molecule is COC1(c2nnc(Cn3c(C)cc4ccccc43)o2)CCOC1. The third-order valence-corrected chi connectivity index (χ3v) is 4.54. The number of hydrogen-bond acceptors (Lipinski definition) is 5. The standard InChI is InChI=1S/C17H19N3O3/c1-12-9-13-5-3-4-6-14(13)20(12)10-15-18-19-16(23-15)17(21-2)7-8-22-11-17/h3-6,9H,7-8,10-11H2,1-2H3. The Kier molecular flexibility index (Phi) is 3.43. The third-order valence-electron chi connectivity index (χ3n) is 4.54. The highest BCUT2D eigenvalue weighted by atomic mass is 16.6. The summed E-state index contributed by atoms with van der Waals surface area (Å²) in [5.41, 5.74) is 1.73. The Morgan fingerprint density at radius 1 is 1.30 bits per heavy atom. The van der Waals surface area contributed by atoms with Crippen LogP contribution in [0, 0.1) is 6.92 Å². The molecule has 1 aliphatic rings. The number of ether oxygens (including phenoxy) is 2. The summed E-state index contributed by atoms with van der Waals surface area (Å²) in [5, 5.41) is 9.61. The highest BCUT2D eigenvalue weighted by Gasteiger charge is 2.42. The Morgan fingerprint density at radius 3 is 2.96 bits per heavy atom. The molecule has 1 saturated heterocycles. The van der Waals surface area contributed by atoms with Crippen LogP contribution in [0.25, 0.3) is 10.9 Å². The molecule has 0 saturated carbocycles. The largest absolute Gasteiger partial charge is 0.420 e. The van der Waals surface area contributed by atoms with E-state index in [0.29, 0.717) is 31.5 Å². The maximum absolute atomic E-state index is 5.89. The van der Waals surface area contributed by atoms with Crippen molar-refractivity contribution < 1.29 is 13.9 Å². The first-order valence-corrected chi connectivity index (χ1v) is 7.72. The van der Waals surface area contributed by atoms with Crippen LogP contribution in [0.15, 0.2) is 34.7 Å². The number of aromatic nitrogens is 3. The number of hydrogen-bond donors (Lipinski definition) is 0. The van der Waals surface area contributed by atoms with Crippen molar-refractivity contribution in [2.45, 2.75) is 25.5 Å². The number of benzene rings is 1. The molecule has 3 heterocycles. The number of rotatable bonds is 4. The molecule has 2 aromatic heterocycles. The number of fused-ring (bicyclic) bond motifs is 1. The molecule has 0 bridgehead atoms. The van der Waals surface area contributed by atoms with Gasteiger partial charge in [-0.3, -0.25) is 0 Å². The Labute approximate surface area is 134 Å². The number of aryl methyl sites for hydroxylation is 1. The Morgan fingerprint density at radius 2 is 2.17 bits per heavy atom. The van der Waals surface area contributed by atoms with Crippen LogP contribution in [0.4, 0.5) is 0 Å². The van der Waals surface area contributed by atoms with E-state index in [1.807, 2.05) is 12.1 Å². The van der Waals surface area contributed by atoms with Gasteiger partial charge in [0.2, 0.25) is 5.89 Å². The van der Waals surface area contributed by atoms with Crippen LogP contribution >= 0.6 is 0 Å². The smallest absolute Gasteiger partial charge is 0.250 e. The molecule has 4 rings (SSSR count). The summed E-state index contributed by atoms with van der Waals surface area (Å²) in [4.78, 5) is 0. The van der Waals surface area contributed by atoms with E-state index >= 15 is 0 Å². The molecule has 1 unspecified atom stereocenters. The quantitative estimate of drug-likeness (QED) is 0.741. The van der Waals surface area contributed by atoms with Crippen LogP contribution in [0.2, 0.25) is 0 Å². The molecule has 0 aliphatic carbocycles. The van der Waals surface area contributed by atoms with Crippen molar-refractivity contribution in [1.82, 2.24) is 14.8 Å². The fourth-order valence-corrected chi connectivity index (χ4v) is 3.16. The first-order valence-electron chi connectivity index (χ1n) is 7.72. The summed E-state index contributed by atoms with van der Waals surface area (Å²) in [6.07, 6.45) is 0.733. The minimum Gasteiger partial charge on any atom is -0.420 e. The van der Waals surface area contributed by atoms with E-state index in [9.17, 15) is 0 Å². The van der Waals surface area contributed by atoms with Gasteiger partial charge in [-0.1, -0.05) is 18.2 Å². The Balaban J connectivity index is 1.66. The van der Waals surface area contributed by atoms with Crippen LogP contribution in [-0.4, -0.2) is 35.1 Å². The lowest BCUT2D eigenvalue weighted by atomic mass is 10.0. The van der Waals surface area contributed by atoms with Gasteiger partial charge in [-0.05, 0) is 24.4 Å². The van der Waals surface area contributed by atoms with Crippen molar-refractivity contribution in [3.63, 3.8) is 0 Å². The number of para-hydroxylation sites is 1. The zero-order valence-corrected chi connectivity index (χ0v) is 13.3. The number of nitrogens with zero attached hydrogens (tertiary/aromatic N) is 3. The fourth-order valence-electron chi connectivity index (χ4n) is 3.16. The first-order chi connectivity index (χ1) is 11.2. The molecule has 23 heavy (non-hydrogen) atoms. The topological polar surface area (TPSA) is 62.3 Å². The molecule has 6 nitrogen and oxygen atoms in total. The van der Waals surface area contributed by atoms with E-state index in [0.717, 1.165) is 17.6 Å². The van der Waals surface area contributed by atoms with Gasteiger partial charge in [0.1, 0.15) is 6.54 Å². The summed E-state index contributed by atoms with van der Waals surface area (Å²) < 4.78 is 19.1. The minimum atomic E-state index is -0.598. The molecule has 0 spiro atoms. The van der Waals surface area contributed by atoms with Crippen molar-refractivity contribution >= 4 is 10.9 Å². The van der Waals surface area contributed by atoms with Gasteiger partial charge >= 0.3 is 0 Å². The molecule has 0 amide bonds. The normalized spacial score (nSPS) is 21.3. The summed E-state index contributed by atoms with van der Waals surface area (Å²) >= 11 is 0. The molecule has 0 radical (unpaired) electrons. The molecular formula is C17H19N3O3. The van der Waals surface area contributed by atoms with Gasteiger partial charge in [-0.15, -0.1) is 10.2 Å². The third kappa shape index (κ3) is 2.34. The van der Waals surface area contributed by atoms with Crippen molar-refractivity contribution in [3.8, 4) is 0 Å². The van der Waals surface area contributed by atoms with Gasteiger partial charge in [-0.25, -0.2) is 0 Å². The van der Waals surface area contributed by atoms with Crippen LogP contribution in [0.3, 0.4) is 0 Å². The van der Waals surface area contributed by atoms with Crippen molar-refractivity contribution in [3.05, 3.63) is 47.8 Å². The fraction of sp³-hybridized carbons (Fsp3) is 0.412. The highest BCUT2D eigenvalue weighted by molar-refractivity contribution is 5.81. The minimum absolute atomic E-state index is 0.455. The van der Waals surface area contributed by atoms with Gasteiger partial charge in [-0.2, -0.15) is 0 Å². The van der Waals surface area contributed by atoms with E-state index in [-0.39, 0.29) is 0 Å². The molecule has 3 aromatic rings. The molecule has 1 aromatic carbocycles. The maximum Gasteiger partial charge on any atom is 0.250 e. The second-order valence-corrected chi connectivity index (χ2v) is 5.93. The average molecular weight is 313 g/mol. The summed E-state index contributed by atoms with van der Waals surface area (Å²) in [7, 11) is 1.65. The van der Waals surface area contributed by atoms with Crippen LogP contribution < -0.4 is 0 Å². The average Bonchev–Trinajstić information content (AvgIpc) is 3.28. The summed E-state index contributed by atoms with van der Waals surface area (Å²) in [6, 6.07) is 10.4. The van der Waals surface area contributed by atoms with Gasteiger partial charge in [0, 0.05) is 24.7 Å². The van der Waals surface area contributed by atoms with Gasteiger partial charge in [0.15, 0.2) is 5.60 Å². The molecule has 0 N–H and O–H groups in total. The van der Waals surface area contributed by atoms with Crippen LogP contribution in [0.5, 0.6) is 0 Å². The van der Waals surface area contributed by atoms with Gasteiger partial charge < -0.3 is 18.5 Å². The van der Waals surface area contributed by atoms with Crippen molar-refractivity contribution in [2.75, 3.05) is 20.3 Å². The van der Waals surface area contributed by atoms with Crippen LogP contribution in [0.1, 0.15) is 23.9 Å². The summed E-state index contributed by atoms with van der Waals surface area (Å²) in [6.45, 7) is 3.73. The zero-order valence-electron chi connectivity index (χ0n) is 13.3. The van der Waals surface area contributed by atoms with E-state index < -0.39 is 5.60 Å². The Bertz CT molecular complexity index is 831. The molecule has 6 heteroatoms. The van der Waals surface area contributed by atoms with Gasteiger partial charge in [0.05, 0.1) is 13.2 Å². The lowest BCUT2D eigenvalue weighted by Gasteiger charge is -2.20. The summed E-state index contributed by atoms with van der Waals surface area (Å²) in [5.74, 6) is 1.08. The van der Waals surface area contributed by atoms with Crippen LogP contribution in [-0.2, 0) is 21.6 Å². The second-order valence-electron chi connectivity index (χ2n) is 5.93. The predicted molar refractivity (Wildman–Crippen MR) is 84.2 cm³/mol. The van der Waals surface area contributed by atoms with Gasteiger partial charge in [0.25, 0.3) is 5.89 Å². The van der Waals surface area contributed by atoms with Crippen molar-refractivity contribution in [2.24, 2.45) is 0 Å². The molecular weight excluding hydrogens is 294 g/mol. The number of methoxy groups -OCH3 is 1. The first kappa shape index (κ1) is 14.4. The Hall–Kier alpha value is -2.18. The van der Waals surface area contributed by atoms with E-state index in [4.69, 9.17) is 13.9 Å². The lowest BCUT2D eigenvalue weighted by molar-refractivity contribution is -0.0417. The molecule has 120 valence electrons. The van der Waals surface area contributed by atoms with E-state index in [1.165, 1.54) is 5.39 Å². The second kappa shape index (κ2) is 5.47. The highest BCUT2D eigenvalue weighted by Crippen LogP contribution is 2.33. The van der Waals surface area contributed by atoms with E-state index in [2.05, 4.69) is 39.9 Å². The maximum atomic E-state index is 5.89. The van der Waals surface area contributed by atoms with Crippen molar-refractivity contribution in [1.29, 1.82) is 0 Å². The zero-order chi connectivity index (χ0) is 15.9. The molecule has 1 aliphatic heterocycles. The molecule has 1 fully saturated rings. The molecule has 1 atom stereocenters. The lowest BCUT2D eigenvalue weighted by Crippen LogP contribution is -2.29.